The van der Waals surface area contributed by atoms with Gasteiger partial charge in [-0.15, -0.1) is 0 Å². The zero-order valence-corrected chi connectivity index (χ0v) is 17.1. The number of nitrogens with one attached hydrogen (secondary N) is 2. The second kappa shape index (κ2) is 11.4. The van der Waals surface area contributed by atoms with Crippen molar-refractivity contribution < 1.29 is 19.4 Å². The normalized spacial score (nSPS) is 18.7. The maximum atomic E-state index is 12.7. The molecular formula is C24H30N2O4. The van der Waals surface area contributed by atoms with Crippen LogP contribution in [0.25, 0.3) is 0 Å². The molecule has 0 bridgehead atoms. The van der Waals surface area contributed by atoms with E-state index in [1.807, 2.05) is 60.7 Å². The van der Waals surface area contributed by atoms with Gasteiger partial charge in [-0.2, -0.15) is 0 Å². The highest BCUT2D eigenvalue weighted by Crippen LogP contribution is 2.29. The van der Waals surface area contributed by atoms with Crippen LogP contribution in [0, 0.1) is 11.8 Å². The molecule has 160 valence electrons. The minimum Gasteiger partial charge on any atom is -0.480 e. The minimum atomic E-state index is -0.938. The Morgan fingerprint density at radius 3 is 2.17 bits per heavy atom. The van der Waals surface area contributed by atoms with E-state index >= 15 is 0 Å². The lowest BCUT2D eigenvalue weighted by molar-refractivity contribution is -0.142. The second-order valence-electron chi connectivity index (χ2n) is 7.92. The molecule has 0 aromatic heterocycles. The number of aliphatic carboxylic acids is 1. The Labute approximate surface area is 177 Å². The molecule has 2 aromatic rings. The zero-order valence-electron chi connectivity index (χ0n) is 17.1. The molecule has 30 heavy (non-hydrogen) atoms. The summed E-state index contributed by atoms with van der Waals surface area (Å²) in [4.78, 5) is 23.3. The maximum Gasteiger partial charge on any atom is 0.329 e. The van der Waals surface area contributed by atoms with Crippen LogP contribution in [-0.2, 0) is 9.53 Å². The summed E-state index contributed by atoms with van der Waals surface area (Å²) in [6, 6.07) is 19.5. The average Bonchev–Trinajstić information content (AvgIpc) is 2.77. The SMILES string of the molecule is O=C(O)COCC1CCCC(CNC(=O)NC(c2ccccc2)c2ccccc2)C1. The smallest absolute Gasteiger partial charge is 0.329 e. The van der Waals surface area contributed by atoms with Crippen molar-refractivity contribution in [2.45, 2.75) is 31.7 Å². The molecular weight excluding hydrogens is 380 g/mol. The van der Waals surface area contributed by atoms with Crippen molar-refractivity contribution in [3.05, 3.63) is 71.8 Å². The summed E-state index contributed by atoms with van der Waals surface area (Å²) in [6.07, 6.45) is 4.13. The van der Waals surface area contributed by atoms with E-state index in [0.717, 1.165) is 36.8 Å². The second-order valence-corrected chi connectivity index (χ2v) is 7.92. The fraction of sp³-hybridized carbons (Fsp3) is 0.417. The fourth-order valence-corrected chi connectivity index (χ4v) is 4.12. The number of ether oxygens (including phenoxy) is 1. The lowest BCUT2D eigenvalue weighted by Gasteiger charge is -2.29. The summed E-state index contributed by atoms with van der Waals surface area (Å²) < 4.78 is 5.26. The van der Waals surface area contributed by atoms with Crippen LogP contribution in [0.15, 0.2) is 60.7 Å². The van der Waals surface area contributed by atoms with Crippen LogP contribution in [0.5, 0.6) is 0 Å². The topological polar surface area (TPSA) is 87.7 Å². The third-order valence-corrected chi connectivity index (χ3v) is 5.56. The number of hydrogen-bond acceptors (Lipinski definition) is 3. The van der Waals surface area contributed by atoms with E-state index in [1.54, 1.807) is 0 Å². The highest BCUT2D eigenvalue weighted by Gasteiger charge is 2.23. The Kier molecular flexibility index (Phi) is 8.27. The first kappa shape index (κ1) is 21.8. The Morgan fingerprint density at radius 1 is 0.967 bits per heavy atom. The summed E-state index contributed by atoms with van der Waals surface area (Å²) in [7, 11) is 0. The van der Waals surface area contributed by atoms with Gasteiger partial charge in [-0.3, -0.25) is 0 Å². The maximum absolute atomic E-state index is 12.7. The third kappa shape index (κ3) is 6.88. The molecule has 2 aromatic carbocycles. The molecule has 1 aliphatic carbocycles. The summed E-state index contributed by atoms with van der Waals surface area (Å²) in [5.74, 6) is -0.198. The molecule has 0 spiro atoms. The van der Waals surface area contributed by atoms with Crippen LogP contribution in [-0.4, -0.2) is 36.9 Å². The van der Waals surface area contributed by atoms with Crippen molar-refractivity contribution in [1.82, 2.24) is 10.6 Å². The minimum absolute atomic E-state index is 0.183. The first-order chi connectivity index (χ1) is 14.6. The van der Waals surface area contributed by atoms with E-state index in [-0.39, 0.29) is 18.7 Å². The molecule has 0 heterocycles. The predicted molar refractivity (Wildman–Crippen MR) is 115 cm³/mol. The lowest BCUT2D eigenvalue weighted by Crippen LogP contribution is -2.41. The molecule has 3 N–H and O–H groups in total. The van der Waals surface area contributed by atoms with Gasteiger partial charge >= 0.3 is 12.0 Å². The number of carboxylic acids is 1. The number of urea groups is 1. The highest BCUT2D eigenvalue weighted by atomic mass is 16.5. The van der Waals surface area contributed by atoms with Gasteiger partial charge in [0, 0.05) is 6.54 Å². The first-order valence-corrected chi connectivity index (χ1v) is 10.6. The van der Waals surface area contributed by atoms with Crippen LogP contribution in [0.2, 0.25) is 0 Å². The number of hydrogen-bond donors (Lipinski definition) is 3. The van der Waals surface area contributed by atoms with Gasteiger partial charge in [0.25, 0.3) is 0 Å². The fourth-order valence-electron chi connectivity index (χ4n) is 4.12. The number of carbonyl (C=O) groups excluding carboxylic acids is 1. The van der Waals surface area contributed by atoms with Crippen LogP contribution >= 0.6 is 0 Å². The Hall–Kier alpha value is -2.86. The number of carboxylic acid groups (broad SMARTS) is 1. The standard InChI is InChI=1S/C24H30N2O4/c27-22(28)17-30-16-19-9-7-8-18(14-19)15-25-24(29)26-23(20-10-3-1-4-11-20)21-12-5-2-6-13-21/h1-6,10-13,18-19,23H,7-9,14-17H2,(H,27,28)(H2,25,26,29). The molecule has 0 aliphatic heterocycles. The molecule has 3 rings (SSSR count). The van der Waals surface area contributed by atoms with Gasteiger partial charge in [0.15, 0.2) is 0 Å². The largest absolute Gasteiger partial charge is 0.480 e. The quantitative estimate of drug-likeness (QED) is 0.583. The van der Waals surface area contributed by atoms with Gasteiger partial charge in [-0.05, 0) is 42.2 Å². The predicted octanol–water partition coefficient (Wildman–Crippen LogP) is 3.98. The summed E-state index contributed by atoms with van der Waals surface area (Å²) in [5, 5.41) is 14.8. The zero-order chi connectivity index (χ0) is 21.2. The van der Waals surface area contributed by atoms with Crippen molar-refractivity contribution in [3.63, 3.8) is 0 Å². The van der Waals surface area contributed by atoms with Gasteiger partial charge in [0.1, 0.15) is 6.61 Å². The number of amides is 2. The van der Waals surface area contributed by atoms with Gasteiger partial charge in [0.2, 0.25) is 0 Å². The van der Waals surface area contributed by atoms with E-state index in [9.17, 15) is 9.59 Å². The number of rotatable bonds is 9. The van der Waals surface area contributed by atoms with Crippen molar-refractivity contribution in [2.24, 2.45) is 11.8 Å². The molecule has 1 fully saturated rings. The van der Waals surface area contributed by atoms with E-state index < -0.39 is 5.97 Å². The molecule has 2 amide bonds. The Bertz CT molecular complexity index is 758. The lowest BCUT2D eigenvalue weighted by atomic mass is 9.82. The van der Waals surface area contributed by atoms with Gasteiger partial charge < -0.3 is 20.5 Å². The van der Waals surface area contributed by atoms with E-state index in [1.165, 1.54) is 0 Å². The average molecular weight is 411 g/mol. The first-order valence-electron chi connectivity index (χ1n) is 10.6. The van der Waals surface area contributed by atoms with Crippen molar-refractivity contribution >= 4 is 12.0 Å². The van der Waals surface area contributed by atoms with E-state index in [4.69, 9.17) is 9.84 Å². The van der Waals surface area contributed by atoms with Crippen LogP contribution in [0.4, 0.5) is 4.79 Å². The van der Waals surface area contributed by atoms with Crippen LogP contribution in [0.3, 0.4) is 0 Å². The third-order valence-electron chi connectivity index (χ3n) is 5.56. The molecule has 1 saturated carbocycles. The van der Waals surface area contributed by atoms with Gasteiger partial charge in [-0.1, -0.05) is 67.1 Å². The van der Waals surface area contributed by atoms with Crippen LogP contribution in [0.1, 0.15) is 42.9 Å². The Balaban J connectivity index is 1.51. The Morgan fingerprint density at radius 2 is 1.57 bits per heavy atom. The molecule has 0 saturated heterocycles. The number of benzene rings is 2. The summed E-state index contributed by atoms with van der Waals surface area (Å²) in [5.41, 5.74) is 2.07. The van der Waals surface area contributed by atoms with Crippen molar-refractivity contribution in [1.29, 1.82) is 0 Å². The van der Waals surface area contributed by atoms with Crippen molar-refractivity contribution in [2.75, 3.05) is 19.8 Å². The summed E-state index contributed by atoms with van der Waals surface area (Å²) >= 11 is 0. The highest BCUT2D eigenvalue weighted by molar-refractivity contribution is 5.75. The molecule has 6 nitrogen and oxygen atoms in total. The molecule has 0 radical (unpaired) electrons. The van der Waals surface area contributed by atoms with E-state index in [0.29, 0.717) is 25.0 Å². The molecule has 2 atom stereocenters. The molecule has 6 heteroatoms. The van der Waals surface area contributed by atoms with Crippen LogP contribution < -0.4 is 10.6 Å². The van der Waals surface area contributed by atoms with Crippen molar-refractivity contribution in [3.8, 4) is 0 Å². The van der Waals surface area contributed by atoms with Gasteiger partial charge in [0.05, 0.1) is 12.6 Å². The number of carbonyl (C=O) groups is 2. The molecule has 2 unspecified atom stereocenters. The monoisotopic (exact) mass is 410 g/mol. The molecule has 1 aliphatic rings. The van der Waals surface area contributed by atoms with E-state index in [2.05, 4.69) is 10.6 Å². The van der Waals surface area contributed by atoms with Gasteiger partial charge in [-0.25, -0.2) is 9.59 Å². The summed E-state index contributed by atoms with van der Waals surface area (Å²) in [6.45, 7) is 0.832.